The van der Waals surface area contributed by atoms with Gasteiger partial charge in [-0.3, -0.25) is 4.79 Å². The lowest BCUT2D eigenvalue weighted by Gasteiger charge is -2.33. The molecule has 2 aliphatic carbocycles. The standard InChI is InChI=1S/C21H32N4O2/c26-14-15-9-11-25(12-10-15)21-22-13-17-18(7-4-8-19(17)24-21)23-20(27)16-5-2-1-3-6-16/h13,15-16,18,26H,1-12,14H2,(H,23,27)/t18-/m0/s1. The molecule has 6 heteroatoms. The summed E-state index contributed by atoms with van der Waals surface area (Å²) in [4.78, 5) is 24.4. The van der Waals surface area contributed by atoms with Crippen LogP contribution in [-0.4, -0.2) is 40.7 Å². The number of aromatic nitrogens is 2. The van der Waals surface area contributed by atoms with Gasteiger partial charge in [0.2, 0.25) is 11.9 Å². The third kappa shape index (κ3) is 4.26. The van der Waals surface area contributed by atoms with Crippen LogP contribution in [0.1, 0.15) is 75.1 Å². The minimum atomic E-state index is 0.0670. The number of carbonyl (C=O) groups is 1. The fraction of sp³-hybridized carbons (Fsp3) is 0.762. The van der Waals surface area contributed by atoms with E-state index in [0.29, 0.717) is 5.92 Å². The molecule has 27 heavy (non-hydrogen) atoms. The van der Waals surface area contributed by atoms with Gasteiger partial charge in [-0.1, -0.05) is 19.3 Å². The van der Waals surface area contributed by atoms with Crippen molar-refractivity contribution in [3.05, 3.63) is 17.5 Å². The van der Waals surface area contributed by atoms with E-state index in [1.165, 1.54) is 19.3 Å². The van der Waals surface area contributed by atoms with Crippen molar-refractivity contribution in [3.8, 4) is 0 Å². The van der Waals surface area contributed by atoms with Gasteiger partial charge < -0.3 is 15.3 Å². The van der Waals surface area contributed by atoms with Crippen LogP contribution < -0.4 is 10.2 Å². The quantitative estimate of drug-likeness (QED) is 0.850. The molecular formula is C21H32N4O2. The second kappa shape index (κ2) is 8.55. The van der Waals surface area contributed by atoms with E-state index in [0.717, 1.165) is 75.2 Å². The average molecular weight is 373 g/mol. The zero-order valence-corrected chi connectivity index (χ0v) is 16.2. The molecule has 0 unspecified atom stereocenters. The lowest BCUT2D eigenvalue weighted by atomic mass is 9.87. The summed E-state index contributed by atoms with van der Waals surface area (Å²) in [6.07, 6.45) is 12.6. The first-order valence-electron chi connectivity index (χ1n) is 10.8. The molecule has 1 saturated carbocycles. The first kappa shape index (κ1) is 18.7. The Kier molecular flexibility index (Phi) is 5.91. The summed E-state index contributed by atoms with van der Waals surface area (Å²) >= 11 is 0. The highest BCUT2D eigenvalue weighted by Gasteiger charge is 2.28. The van der Waals surface area contributed by atoms with Crippen LogP contribution in [0.4, 0.5) is 5.95 Å². The third-order valence-electron chi connectivity index (χ3n) is 6.62. The molecule has 1 atom stereocenters. The van der Waals surface area contributed by atoms with Crippen LogP contribution in [0.15, 0.2) is 6.20 Å². The van der Waals surface area contributed by atoms with Crippen molar-refractivity contribution in [1.82, 2.24) is 15.3 Å². The molecule has 1 aromatic rings. The average Bonchev–Trinajstić information content (AvgIpc) is 2.74. The maximum Gasteiger partial charge on any atom is 0.225 e. The molecule has 2 heterocycles. The summed E-state index contributed by atoms with van der Waals surface area (Å²) in [6.45, 7) is 2.10. The first-order chi connectivity index (χ1) is 13.2. The number of hydrogen-bond acceptors (Lipinski definition) is 5. The summed E-state index contributed by atoms with van der Waals surface area (Å²) in [7, 11) is 0. The van der Waals surface area contributed by atoms with E-state index in [2.05, 4.69) is 15.2 Å². The minimum Gasteiger partial charge on any atom is -0.396 e. The van der Waals surface area contributed by atoms with Crippen LogP contribution in [0.3, 0.4) is 0 Å². The fourth-order valence-electron chi connectivity index (χ4n) is 4.81. The molecule has 0 aromatic carbocycles. The van der Waals surface area contributed by atoms with Crippen LogP contribution in [-0.2, 0) is 11.2 Å². The second-order valence-electron chi connectivity index (χ2n) is 8.47. The van der Waals surface area contributed by atoms with E-state index in [4.69, 9.17) is 4.98 Å². The van der Waals surface area contributed by atoms with E-state index in [9.17, 15) is 9.90 Å². The van der Waals surface area contributed by atoms with Gasteiger partial charge in [0.15, 0.2) is 0 Å². The molecule has 1 saturated heterocycles. The van der Waals surface area contributed by atoms with Crippen LogP contribution in [0, 0.1) is 11.8 Å². The number of anilines is 1. The Labute approximate surface area is 161 Å². The van der Waals surface area contributed by atoms with Gasteiger partial charge in [-0.25, -0.2) is 9.97 Å². The highest BCUT2D eigenvalue weighted by atomic mass is 16.3. The number of carbonyl (C=O) groups excluding carboxylic acids is 1. The van der Waals surface area contributed by atoms with Crippen molar-refractivity contribution in [1.29, 1.82) is 0 Å². The van der Waals surface area contributed by atoms with E-state index in [1.54, 1.807) is 0 Å². The molecule has 1 aliphatic heterocycles. The Balaban J connectivity index is 1.43. The van der Waals surface area contributed by atoms with E-state index in [1.807, 2.05) is 6.20 Å². The molecule has 0 spiro atoms. The summed E-state index contributed by atoms with van der Waals surface area (Å²) < 4.78 is 0. The van der Waals surface area contributed by atoms with Crippen LogP contribution in [0.2, 0.25) is 0 Å². The zero-order chi connectivity index (χ0) is 18.6. The van der Waals surface area contributed by atoms with Crippen molar-refractivity contribution in [2.24, 2.45) is 11.8 Å². The number of nitrogens with one attached hydrogen (secondary N) is 1. The predicted molar refractivity (Wildman–Crippen MR) is 104 cm³/mol. The van der Waals surface area contributed by atoms with Gasteiger partial charge in [-0.05, 0) is 50.9 Å². The molecule has 4 rings (SSSR count). The lowest BCUT2D eigenvalue weighted by Crippen LogP contribution is -2.38. The van der Waals surface area contributed by atoms with Gasteiger partial charge in [0.05, 0.1) is 11.7 Å². The van der Waals surface area contributed by atoms with Crippen LogP contribution >= 0.6 is 0 Å². The van der Waals surface area contributed by atoms with E-state index < -0.39 is 0 Å². The molecule has 1 aromatic heterocycles. The van der Waals surface area contributed by atoms with Crippen molar-refractivity contribution in [2.45, 2.75) is 70.3 Å². The number of rotatable bonds is 4. The maximum absolute atomic E-state index is 12.7. The van der Waals surface area contributed by atoms with Crippen molar-refractivity contribution in [2.75, 3.05) is 24.6 Å². The lowest BCUT2D eigenvalue weighted by molar-refractivity contribution is -0.126. The smallest absolute Gasteiger partial charge is 0.225 e. The number of nitrogens with zero attached hydrogens (tertiary/aromatic N) is 3. The van der Waals surface area contributed by atoms with E-state index in [-0.39, 0.29) is 24.5 Å². The maximum atomic E-state index is 12.7. The number of piperidine rings is 1. The number of aryl methyl sites for hydroxylation is 1. The largest absolute Gasteiger partial charge is 0.396 e. The topological polar surface area (TPSA) is 78.4 Å². The summed E-state index contributed by atoms with van der Waals surface area (Å²) in [6, 6.07) is 0.0670. The van der Waals surface area contributed by atoms with Crippen LogP contribution in [0.25, 0.3) is 0 Å². The number of aliphatic hydroxyl groups excluding tert-OH is 1. The Morgan fingerprint density at radius 1 is 1.11 bits per heavy atom. The number of fused-ring (bicyclic) bond motifs is 1. The minimum absolute atomic E-state index is 0.0670. The van der Waals surface area contributed by atoms with Gasteiger partial charge in [-0.2, -0.15) is 0 Å². The fourth-order valence-corrected chi connectivity index (χ4v) is 4.81. The van der Waals surface area contributed by atoms with Gasteiger partial charge in [0, 0.05) is 37.4 Å². The third-order valence-corrected chi connectivity index (χ3v) is 6.62. The first-order valence-corrected chi connectivity index (χ1v) is 10.8. The summed E-state index contributed by atoms with van der Waals surface area (Å²) in [5.74, 6) is 1.64. The number of amides is 1. The molecule has 148 valence electrons. The Hall–Kier alpha value is -1.69. The summed E-state index contributed by atoms with van der Waals surface area (Å²) in [5.41, 5.74) is 2.21. The molecule has 6 nitrogen and oxygen atoms in total. The van der Waals surface area contributed by atoms with Gasteiger partial charge >= 0.3 is 0 Å². The van der Waals surface area contributed by atoms with Crippen molar-refractivity contribution >= 4 is 11.9 Å². The molecule has 1 amide bonds. The highest BCUT2D eigenvalue weighted by molar-refractivity contribution is 5.79. The molecule has 2 N–H and O–H groups in total. The van der Waals surface area contributed by atoms with E-state index >= 15 is 0 Å². The zero-order valence-electron chi connectivity index (χ0n) is 16.2. The molecule has 0 bridgehead atoms. The monoisotopic (exact) mass is 372 g/mol. The number of aliphatic hydroxyl groups is 1. The van der Waals surface area contributed by atoms with Crippen LogP contribution in [0.5, 0.6) is 0 Å². The molecular weight excluding hydrogens is 340 g/mol. The van der Waals surface area contributed by atoms with Crippen molar-refractivity contribution in [3.63, 3.8) is 0 Å². The molecule has 0 radical (unpaired) electrons. The van der Waals surface area contributed by atoms with Gasteiger partial charge in [-0.15, -0.1) is 0 Å². The summed E-state index contributed by atoms with van der Waals surface area (Å²) in [5, 5.41) is 12.6. The molecule has 3 aliphatic rings. The second-order valence-corrected chi connectivity index (χ2v) is 8.47. The predicted octanol–water partition coefficient (Wildman–Crippen LogP) is 2.76. The number of hydrogen-bond donors (Lipinski definition) is 2. The Morgan fingerprint density at radius 2 is 1.89 bits per heavy atom. The Bertz CT molecular complexity index is 652. The Morgan fingerprint density at radius 3 is 2.63 bits per heavy atom. The normalized spacial score (nSPS) is 24.5. The SMILES string of the molecule is O=C(N[C@H]1CCCc2nc(N3CCC(CO)CC3)ncc21)C1CCCCC1. The van der Waals surface area contributed by atoms with Crippen molar-refractivity contribution < 1.29 is 9.90 Å². The van der Waals surface area contributed by atoms with Gasteiger partial charge in [0.25, 0.3) is 0 Å². The highest BCUT2D eigenvalue weighted by Crippen LogP contribution is 2.31. The van der Waals surface area contributed by atoms with Gasteiger partial charge in [0.1, 0.15) is 0 Å². The molecule has 2 fully saturated rings.